The first-order valence-electron chi connectivity index (χ1n) is 7.45. The van der Waals surface area contributed by atoms with Gasteiger partial charge in [-0.15, -0.1) is 0 Å². The van der Waals surface area contributed by atoms with Gasteiger partial charge < -0.3 is 10.5 Å². The molecule has 2 N–H and O–H groups in total. The molecule has 0 aromatic rings. The standard InChI is InChI=1S/C17H35NO/c1-12(2)15(7,8)19-16(9,10)13(3,4)17(12,11)14(5,6)18/h18H2,1-11H3. The largest absolute Gasteiger partial charge is 0.369 e. The lowest BCUT2D eigenvalue weighted by molar-refractivity contribution is -0.341. The minimum Gasteiger partial charge on any atom is -0.369 e. The maximum Gasteiger partial charge on any atom is 0.0690 e. The van der Waals surface area contributed by atoms with Crippen molar-refractivity contribution in [2.75, 3.05) is 0 Å². The van der Waals surface area contributed by atoms with E-state index in [1.807, 2.05) is 0 Å². The number of nitrogens with two attached hydrogens (primary N) is 1. The molecule has 0 unspecified atom stereocenters. The maximum atomic E-state index is 6.68. The van der Waals surface area contributed by atoms with Crippen LogP contribution in [0.15, 0.2) is 0 Å². The lowest BCUT2D eigenvalue weighted by Gasteiger charge is -2.73. The first-order valence-corrected chi connectivity index (χ1v) is 7.45. The van der Waals surface area contributed by atoms with Gasteiger partial charge in [-0.1, -0.05) is 34.6 Å². The highest BCUT2D eigenvalue weighted by Crippen LogP contribution is 2.69. The molecular formula is C17H35NO. The van der Waals surface area contributed by atoms with E-state index in [1.165, 1.54) is 0 Å². The second kappa shape index (κ2) is 3.76. The van der Waals surface area contributed by atoms with Crippen LogP contribution in [0.2, 0.25) is 0 Å². The molecule has 1 saturated heterocycles. The molecule has 0 aromatic carbocycles. The summed E-state index contributed by atoms with van der Waals surface area (Å²) in [6, 6.07) is 0. The number of hydrogen-bond donors (Lipinski definition) is 1. The van der Waals surface area contributed by atoms with E-state index in [9.17, 15) is 0 Å². The monoisotopic (exact) mass is 269 g/mol. The Hall–Kier alpha value is -0.0800. The van der Waals surface area contributed by atoms with Gasteiger partial charge in [0.15, 0.2) is 0 Å². The summed E-state index contributed by atoms with van der Waals surface area (Å²) in [5.41, 5.74) is 5.78. The average molecular weight is 269 g/mol. The third-order valence-corrected chi connectivity index (χ3v) is 7.31. The van der Waals surface area contributed by atoms with Crippen LogP contribution in [0.4, 0.5) is 0 Å². The van der Waals surface area contributed by atoms with Crippen LogP contribution in [-0.4, -0.2) is 16.7 Å². The second-order valence-corrected chi connectivity index (χ2v) is 9.22. The molecule has 1 fully saturated rings. The van der Waals surface area contributed by atoms with Gasteiger partial charge in [0.05, 0.1) is 11.2 Å². The zero-order valence-corrected chi connectivity index (χ0v) is 15.0. The average Bonchev–Trinajstić information content (AvgIpc) is 2.10. The van der Waals surface area contributed by atoms with Crippen molar-refractivity contribution >= 4 is 0 Å². The van der Waals surface area contributed by atoms with E-state index in [-0.39, 0.29) is 33.0 Å². The minimum absolute atomic E-state index is 0.0444. The Kier molecular flexibility index (Phi) is 3.36. The molecule has 0 bridgehead atoms. The summed E-state index contributed by atoms with van der Waals surface area (Å²) in [5, 5.41) is 0. The van der Waals surface area contributed by atoms with Gasteiger partial charge in [0.2, 0.25) is 0 Å². The molecule has 2 heteroatoms. The lowest BCUT2D eigenvalue weighted by Crippen LogP contribution is -2.77. The van der Waals surface area contributed by atoms with Gasteiger partial charge in [-0.25, -0.2) is 0 Å². The van der Waals surface area contributed by atoms with E-state index >= 15 is 0 Å². The summed E-state index contributed by atoms with van der Waals surface area (Å²) < 4.78 is 6.53. The summed E-state index contributed by atoms with van der Waals surface area (Å²) in [5.74, 6) is 0. The van der Waals surface area contributed by atoms with Crippen LogP contribution in [0.5, 0.6) is 0 Å². The van der Waals surface area contributed by atoms with Crippen molar-refractivity contribution in [3.05, 3.63) is 0 Å². The van der Waals surface area contributed by atoms with E-state index in [4.69, 9.17) is 10.5 Å². The van der Waals surface area contributed by atoms with Crippen LogP contribution in [0, 0.1) is 16.2 Å². The zero-order chi connectivity index (χ0) is 15.7. The molecule has 0 amide bonds. The topological polar surface area (TPSA) is 35.2 Å². The maximum absolute atomic E-state index is 6.68. The molecule has 1 heterocycles. The van der Waals surface area contributed by atoms with Crippen LogP contribution in [0.1, 0.15) is 76.2 Å². The second-order valence-electron chi connectivity index (χ2n) is 9.22. The molecule has 19 heavy (non-hydrogen) atoms. The Morgan fingerprint density at radius 1 is 0.684 bits per heavy atom. The molecule has 114 valence electrons. The Morgan fingerprint density at radius 3 is 1.16 bits per heavy atom. The van der Waals surface area contributed by atoms with Crippen molar-refractivity contribution in [2.24, 2.45) is 22.0 Å². The SMILES string of the molecule is CC(C)(N)C1(C)C(C)(C)C(C)(C)OC(C)(C)C1(C)C. The Labute approximate surface area is 120 Å². The van der Waals surface area contributed by atoms with Gasteiger partial charge in [-0.05, 0) is 41.5 Å². The summed E-state index contributed by atoms with van der Waals surface area (Å²) in [7, 11) is 0. The molecular weight excluding hydrogens is 234 g/mol. The fourth-order valence-corrected chi connectivity index (χ4v) is 4.49. The Morgan fingerprint density at radius 2 is 0.947 bits per heavy atom. The first kappa shape index (κ1) is 17.0. The van der Waals surface area contributed by atoms with Gasteiger partial charge in [0, 0.05) is 21.8 Å². The van der Waals surface area contributed by atoms with Crippen molar-refractivity contribution in [2.45, 2.75) is 92.9 Å². The van der Waals surface area contributed by atoms with E-state index in [1.54, 1.807) is 0 Å². The molecule has 1 aliphatic heterocycles. The normalized spacial score (nSPS) is 30.9. The van der Waals surface area contributed by atoms with E-state index in [2.05, 4.69) is 76.2 Å². The third kappa shape index (κ3) is 1.75. The Bertz CT molecular complexity index is 343. The minimum atomic E-state index is -0.293. The molecule has 0 radical (unpaired) electrons. The van der Waals surface area contributed by atoms with Gasteiger partial charge in [0.25, 0.3) is 0 Å². The lowest BCUT2D eigenvalue weighted by atomic mass is 9.39. The predicted octanol–water partition coefficient (Wildman–Crippen LogP) is 4.37. The molecule has 1 aliphatic rings. The summed E-state index contributed by atoms with van der Waals surface area (Å²) in [6.45, 7) is 24.7. The fourth-order valence-electron chi connectivity index (χ4n) is 4.49. The molecule has 2 nitrogen and oxygen atoms in total. The Balaban J connectivity index is 3.70. The van der Waals surface area contributed by atoms with Gasteiger partial charge >= 0.3 is 0 Å². The van der Waals surface area contributed by atoms with Crippen LogP contribution in [0.25, 0.3) is 0 Å². The molecule has 0 aliphatic carbocycles. The molecule has 0 aromatic heterocycles. The van der Waals surface area contributed by atoms with Gasteiger partial charge in [-0.2, -0.15) is 0 Å². The van der Waals surface area contributed by atoms with Gasteiger partial charge in [0.1, 0.15) is 0 Å². The molecule has 0 atom stereocenters. The first-order chi connectivity index (χ1) is 7.96. The number of ether oxygens (including phenoxy) is 1. The van der Waals surface area contributed by atoms with Crippen molar-refractivity contribution < 1.29 is 4.74 Å². The number of hydrogen-bond acceptors (Lipinski definition) is 2. The van der Waals surface area contributed by atoms with Crippen LogP contribution >= 0.6 is 0 Å². The summed E-state index contributed by atoms with van der Waals surface area (Å²) in [4.78, 5) is 0. The van der Waals surface area contributed by atoms with E-state index in [0.717, 1.165) is 0 Å². The molecule has 0 spiro atoms. The fraction of sp³-hybridized carbons (Fsp3) is 1.00. The third-order valence-electron chi connectivity index (χ3n) is 7.31. The van der Waals surface area contributed by atoms with Crippen LogP contribution in [0.3, 0.4) is 0 Å². The van der Waals surface area contributed by atoms with Crippen LogP contribution < -0.4 is 5.73 Å². The highest BCUT2D eigenvalue weighted by Gasteiger charge is 2.71. The van der Waals surface area contributed by atoms with E-state index in [0.29, 0.717) is 0 Å². The zero-order valence-electron chi connectivity index (χ0n) is 15.0. The summed E-state index contributed by atoms with van der Waals surface area (Å²) in [6.07, 6.45) is 0. The van der Waals surface area contributed by atoms with Crippen molar-refractivity contribution in [1.82, 2.24) is 0 Å². The number of rotatable bonds is 1. The quantitative estimate of drug-likeness (QED) is 0.767. The van der Waals surface area contributed by atoms with Crippen molar-refractivity contribution in [1.29, 1.82) is 0 Å². The highest BCUT2D eigenvalue weighted by molar-refractivity contribution is 5.20. The van der Waals surface area contributed by atoms with Crippen molar-refractivity contribution in [3.8, 4) is 0 Å². The molecule has 1 rings (SSSR count). The van der Waals surface area contributed by atoms with Crippen molar-refractivity contribution in [3.63, 3.8) is 0 Å². The smallest absolute Gasteiger partial charge is 0.0690 e. The highest BCUT2D eigenvalue weighted by atomic mass is 16.5. The van der Waals surface area contributed by atoms with Gasteiger partial charge in [-0.3, -0.25) is 0 Å². The van der Waals surface area contributed by atoms with E-state index < -0.39 is 0 Å². The van der Waals surface area contributed by atoms with Crippen LogP contribution in [-0.2, 0) is 4.74 Å². The summed E-state index contributed by atoms with van der Waals surface area (Å²) >= 11 is 0. The molecule has 0 saturated carbocycles. The predicted molar refractivity (Wildman–Crippen MR) is 83.2 cm³/mol.